The van der Waals surface area contributed by atoms with Crippen molar-refractivity contribution in [1.29, 1.82) is 5.41 Å². The molecule has 1 atom stereocenters. The van der Waals surface area contributed by atoms with Gasteiger partial charge >= 0.3 is 0 Å². The minimum absolute atomic E-state index is 0.158. The van der Waals surface area contributed by atoms with Crippen LogP contribution in [-0.2, 0) is 13.0 Å². The van der Waals surface area contributed by atoms with Gasteiger partial charge in [-0.15, -0.1) is 0 Å². The predicted molar refractivity (Wildman–Crippen MR) is 66.5 cm³/mol. The Morgan fingerprint density at radius 1 is 1.44 bits per heavy atom. The molecule has 1 aliphatic rings. The van der Waals surface area contributed by atoms with E-state index in [1.807, 2.05) is 6.92 Å². The van der Waals surface area contributed by atoms with Crippen molar-refractivity contribution < 1.29 is 0 Å². The van der Waals surface area contributed by atoms with Crippen LogP contribution in [0.3, 0.4) is 0 Å². The zero-order valence-electron chi connectivity index (χ0n) is 9.74. The summed E-state index contributed by atoms with van der Waals surface area (Å²) in [7, 11) is 0. The van der Waals surface area contributed by atoms with E-state index in [1.165, 1.54) is 11.1 Å². The number of hydrogen-bond donors (Lipinski definition) is 2. The fraction of sp³-hybridized carbons (Fsp3) is 0.462. The zero-order chi connectivity index (χ0) is 11.5. The smallest absolute Gasteiger partial charge is 0.0947 e. The van der Waals surface area contributed by atoms with Crippen molar-refractivity contribution >= 4 is 5.84 Å². The third-order valence-corrected chi connectivity index (χ3v) is 3.27. The molecule has 1 unspecified atom stereocenters. The summed E-state index contributed by atoms with van der Waals surface area (Å²) in [5.41, 5.74) is 8.39. The summed E-state index contributed by atoms with van der Waals surface area (Å²) in [6.07, 6.45) is 1.11. The molecule has 3 nitrogen and oxygen atoms in total. The highest BCUT2D eigenvalue weighted by Crippen LogP contribution is 2.19. The minimum Gasteiger partial charge on any atom is -0.387 e. The van der Waals surface area contributed by atoms with E-state index in [1.54, 1.807) is 0 Å². The topological polar surface area (TPSA) is 53.1 Å². The van der Waals surface area contributed by atoms with Crippen molar-refractivity contribution in [2.45, 2.75) is 19.9 Å². The van der Waals surface area contributed by atoms with E-state index in [0.29, 0.717) is 5.84 Å². The van der Waals surface area contributed by atoms with Crippen LogP contribution in [0.4, 0.5) is 0 Å². The highest BCUT2D eigenvalue weighted by molar-refractivity contribution is 5.79. The van der Waals surface area contributed by atoms with Gasteiger partial charge in [0.25, 0.3) is 0 Å². The molecule has 3 N–H and O–H groups in total. The summed E-state index contributed by atoms with van der Waals surface area (Å²) in [5.74, 6) is 0.448. The van der Waals surface area contributed by atoms with Crippen molar-refractivity contribution in [3.63, 3.8) is 0 Å². The molecule has 1 heterocycles. The monoisotopic (exact) mass is 217 g/mol. The second kappa shape index (κ2) is 4.66. The molecule has 1 aromatic carbocycles. The maximum atomic E-state index is 7.42. The van der Waals surface area contributed by atoms with Gasteiger partial charge in [0.2, 0.25) is 0 Å². The first-order chi connectivity index (χ1) is 7.66. The molecule has 0 radical (unpaired) electrons. The van der Waals surface area contributed by atoms with Gasteiger partial charge in [-0.25, -0.2) is 0 Å². The van der Waals surface area contributed by atoms with E-state index in [-0.39, 0.29) is 5.92 Å². The Hall–Kier alpha value is -1.35. The SMILES string of the molecule is CC(CN1CCc2ccccc2C1)C(=N)N. The van der Waals surface area contributed by atoms with E-state index in [0.717, 1.165) is 26.1 Å². The van der Waals surface area contributed by atoms with Gasteiger partial charge in [0, 0.05) is 25.6 Å². The Morgan fingerprint density at radius 2 is 2.12 bits per heavy atom. The third-order valence-electron chi connectivity index (χ3n) is 3.27. The van der Waals surface area contributed by atoms with Gasteiger partial charge in [-0.05, 0) is 17.5 Å². The van der Waals surface area contributed by atoms with E-state index >= 15 is 0 Å². The maximum absolute atomic E-state index is 7.42. The van der Waals surface area contributed by atoms with E-state index < -0.39 is 0 Å². The number of nitrogens with one attached hydrogen (secondary N) is 1. The first-order valence-electron chi connectivity index (χ1n) is 5.80. The number of amidine groups is 1. The molecule has 0 amide bonds. The molecule has 2 rings (SSSR count). The van der Waals surface area contributed by atoms with Crippen LogP contribution in [0.1, 0.15) is 18.1 Å². The van der Waals surface area contributed by atoms with Crippen molar-refractivity contribution in [2.24, 2.45) is 11.7 Å². The standard InChI is InChI=1S/C13H19N3/c1-10(13(14)15)8-16-7-6-11-4-2-3-5-12(11)9-16/h2-5,10H,6-9H2,1H3,(H3,14,15). The molecular formula is C13H19N3. The molecular weight excluding hydrogens is 198 g/mol. The quantitative estimate of drug-likeness (QED) is 0.597. The highest BCUT2D eigenvalue weighted by atomic mass is 15.1. The van der Waals surface area contributed by atoms with Crippen molar-refractivity contribution in [3.05, 3.63) is 35.4 Å². The van der Waals surface area contributed by atoms with Gasteiger partial charge in [-0.2, -0.15) is 0 Å². The average Bonchev–Trinajstić information content (AvgIpc) is 2.28. The molecule has 0 aliphatic carbocycles. The lowest BCUT2D eigenvalue weighted by molar-refractivity contribution is 0.239. The van der Waals surface area contributed by atoms with Crippen LogP contribution in [0.25, 0.3) is 0 Å². The van der Waals surface area contributed by atoms with E-state index in [4.69, 9.17) is 11.1 Å². The fourth-order valence-corrected chi connectivity index (χ4v) is 2.20. The van der Waals surface area contributed by atoms with Crippen LogP contribution in [-0.4, -0.2) is 23.8 Å². The van der Waals surface area contributed by atoms with Gasteiger partial charge in [0.05, 0.1) is 5.84 Å². The molecule has 3 heteroatoms. The number of hydrogen-bond acceptors (Lipinski definition) is 2. The molecule has 16 heavy (non-hydrogen) atoms. The van der Waals surface area contributed by atoms with Crippen molar-refractivity contribution in [3.8, 4) is 0 Å². The van der Waals surface area contributed by atoms with Gasteiger partial charge < -0.3 is 5.73 Å². The Bertz CT molecular complexity index is 387. The van der Waals surface area contributed by atoms with Crippen LogP contribution in [0.15, 0.2) is 24.3 Å². The first kappa shape index (κ1) is 11.1. The lowest BCUT2D eigenvalue weighted by atomic mass is 9.99. The van der Waals surface area contributed by atoms with Gasteiger partial charge in [0.15, 0.2) is 0 Å². The molecule has 0 bridgehead atoms. The fourth-order valence-electron chi connectivity index (χ4n) is 2.20. The van der Waals surface area contributed by atoms with Crippen LogP contribution in [0.5, 0.6) is 0 Å². The number of rotatable bonds is 3. The average molecular weight is 217 g/mol. The number of fused-ring (bicyclic) bond motifs is 1. The van der Waals surface area contributed by atoms with E-state index in [9.17, 15) is 0 Å². The summed E-state index contributed by atoms with van der Waals surface area (Å²) in [6, 6.07) is 8.60. The Balaban J connectivity index is 2.00. The van der Waals surface area contributed by atoms with Crippen LogP contribution >= 0.6 is 0 Å². The zero-order valence-corrected chi connectivity index (χ0v) is 9.74. The summed E-state index contributed by atoms with van der Waals surface area (Å²) in [6.45, 7) is 4.98. The second-order valence-corrected chi connectivity index (χ2v) is 4.61. The lowest BCUT2D eigenvalue weighted by Gasteiger charge is -2.30. The number of nitrogens with two attached hydrogens (primary N) is 1. The van der Waals surface area contributed by atoms with Gasteiger partial charge in [-0.3, -0.25) is 10.3 Å². The molecule has 0 saturated carbocycles. The minimum atomic E-state index is 0.158. The summed E-state index contributed by atoms with van der Waals surface area (Å²) in [5, 5.41) is 7.42. The summed E-state index contributed by atoms with van der Waals surface area (Å²) >= 11 is 0. The Kier molecular flexibility index (Phi) is 3.25. The first-order valence-corrected chi connectivity index (χ1v) is 5.80. The van der Waals surface area contributed by atoms with Gasteiger partial charge in [-0.1, -0.05) is 31.2 Å². The molecule has 86 valence electrons. The maximum Gasteiger partial charge on any atom is 0.0947 e. The molecule has 0 aromatic heterocycles. The molecule has 1 aliphatic heterocycles. The largest absolute Gasteiger partial charge is 0.387 e. The molecule has 0 fully saturated rings. The predicted octanol–water partition coefficient (Wildman–Crippen LogP) is 1.62. The molecule has 1 aromatic rings. The number of benzene rings is 1. The van der Waals surface area contributed by atoms with Crippen molar-refractivity contribution in [1.82, 2.24) is 4.90 Å². The van der Waals surface area contributed by atoms with Crippen LogP contribution in [0.2, 0.25) is 0 Å². The van der Waals surface area contributed by atoms with Crippen LogP contribution in [0, 0.1) is 11.3 Å². The molecule has 0 saturated heterocycles. The van der Waals surface area contributed by atoms with Crippen LogP contribution < -0.4 is 5.73 Å². The third kappa shape index (κ3) is 2.42. The van der Waals surface area contributed by atoms with Crippen molar-refractivity contribution in [2.75, 3.05) is 13.1 Å². The van der Waals surface area contributed by atoms with E-state index in [2.05, 4.69) is 29.2 Å². The highest BCUT2D eigenvalue weighted by Gasteiger charge is 2.18. The summed E-state index contributed by atoms with van der Waals surface area (Å²) in [4.78, 5) is 2.38. The Labute approximate surface area is 96.8 Å². The Morgan fingerprint density at radius 3 is 2.81 bits per heavy atom. The second-order valence-electron chi connectivity index (χ2n) is 4.61. The summed E-state index contributed by atoms with van der Waals surface area (Å²) < 4.78 is 0. The number of nitrogens with zero attached hydrogens (tertiary/aromatic N) is 1. The van der Waals surface area contributed by atoms with Gasteiger partial charge in [0.1, 0.15) is 0 Å². The molecule has 0 spiro atoms. The normalized spacial score (nSPS) is 17.8. The lowest BCUT2D eigenvalue weighted by Crippen LogP contribution is -2.37.